The molecule has 0 amide bonds. The van der Waals surface area contributed by atoms with Gasteiger partial charge in [0.1, 0.15) is 0 Å². The van der Waals surface area contributed by atoms with Crippen LogP contribution in [-0.4, -0.2) is 4.98 Å². The number of rotatable bonds is 2. The first-order chi connectivity index (χ1) is 19.3. The number of hydrogen-bond acceptors (Lipinski definition) is 0. The zero-order chi connectivity index (χ0) is 25.5. The van der Waals surface area contributed by atoms with Crippen molar-refractivity contribution in [1.82, 2.24) is 4.98 Å². The molecule has 1 N–H and O–H groups in total. The highest BCUT2D eigenvalue weighted by molar-refractivity contribution is 6.19. The molecular formula is C38H23N. The quantitative estimate of drug-likeness (QED) is 0.246. The number of H-pyrrole nitrogens is 1. The van der Waals surface area contributed by atoms with Crippen LogP contribution in [0.1, 0.15) is 0 Å². The van der Waals surface area contributed by atoms with Crippen molar-refractivity contribution in [3.8, 4) is 44.5 Å². The molecule has 0 aliphatic heterocycles. The van der Waals surface area contributed by atoms with Gasteiger partial charge in [-0.25, -0.2) is 0 Å². The van der Waals surface area contributed by atoms with Crippen molar-refractivity contribution in [3.63, 3.8) is 0 Å². The number of aromatic nitrogens is 1. The number of nitrogens with one attached hydrogen (secondary N) is 1. The monoisotopic (exact) mass is 493 g/mol. The molecule has 39 heavy (non-hydrogen) atoms. The molecule has 0 spiro atoms. The Hall–Kier alpha value is -5.14. The molecule has 0 fully saturated rings. The highest BCUT2D eigenvalue weighted by Crippen LogP contribution is 2.49. The van der Waals surface area contributed by atoms with Crippen molar-refractivity contribution in [1.29, 1.82) is 0 Å². The predicted molar refractivity (Wildman–Crippen MR) is 166 cm³/mol. The van der Waals surface area contributed by atoms with E-state index in [1.165, 1.54) is 87.9 Å². The lowest BCUT2D eigenvalue weighted by atomic mass is 9.92. The summed E-state index contributed by atoms with van der Waals surface area (Å²) < 4.78 is 0. The van der Waals surface area contributed by atoms with Gasteiger partial charge in [0, 0.05) is 21.9 Å². The lowest BCUT2D eigenvalue weighted by Crippen LogP contribution is -1.86. The molecule has 180 valence electrons. The van der Waals surface area contributed by atoms with Crippen LogP contribution in [0.4, 0.5) is 0 Å². The van der Waals surface area contributed by atoms with Gasteiger partial charge in [0.25, 0.3) is 0 Å². The topological polar surface area (TPSA) is 15.8 Å². The Labute approximate surface area is 226 Å². The van der Waals surface area contributed by atoms with E-state index in [1.807, 2.05) is 0 Å². The van der Waals surface area contributed by atoms with Crippen LogP contribution in [0, 0.1) is 0 Å². The minimum Gasteiger partial charge on any atom is -0.354 e. The summed E-state index contributed by atoms with van der Waals surface area (Å²) >= 11 is 0. The standard InChI is InChI=1S/C38H23N/c1-2-9-24-22-36-35(21-23(24)8-1)34-17-6-14-28(38(34)39-36)26-11-5-10-25(20-26)27-18-19-33-30-13-4-3-12-29(30)32-16-7-15-31(27)37(32)33/h1-22,39H. The molecule has 0 radical (unpaired) electrons. The van der Waals surface area contributed by atoms with Crippen LogP contribution < -0.4 is 0 Å². The smallest absolute Gasteiger partial charge is 0.0544 e. The van der Waals surface area contributed by atoms with Gasteiger partial charge in [-0.05, 0) is 78.7 Å². The minimum absolute atomic E-state index is 1.18. The molecule has 1 aliphatic rings. The number of hydrogen-bond donors (Lipinski definition) is 1. The summed E-state index contributed by atoms with van der Waals surface area (Å²) in [6, 6.07) is 49.0. The third-order valence-electron chi connectivity index (χ3n) is 8.53. The molecule has 9 rings (SSSR count). The first-order valence-corrected chi connectivity index (χ1v) is 13.5. The lowest BCUT2D eigenvalue weighted by molar-refractivity contribution is 1.54. The second-order valence-electron chi connectivity index (χ2n) is 10.6. The second-order valence-corrected chi connectivity index (χ2v) is 10.6. The Morgan fingerprint density at radius 2 is 0.949 bits per heavy atom. The van der Waals surface area contributed by atoms with Crippen LogP contribution in [0.2, 0.25) is 0 Å². The second kappa shape index (κ2) is 7.69. The molecule has 8 aromatic rings. The van der Waals surface area contributed by atoms with Gasteiger partial charge in [-0.1, -0.05) is 115 Å². The summed E-state index contributed by atoms with van der Waals surface area (Å²) in [7, 11) is 0. The van der Waals surface area contributed by atoms with E-state index in [2.05, 4.69) is 138 Å². The van der Waals surface area contributed by atoms with E-state index >= 15 is 0 Å². The van der Waals surface area contributed by atoms with Gasteiger partial charge in [-0.3, -0.25) is 0 Å². The SMILES string of the molecule is c1cc(-c2ccc3c4c(cccc24)-c2ccccc2-3)cc(-c2cccc3c2[nH]c2cc4ccccc4cc23)c1. The zero-order valence-electron chi connectivity index (χ0n) is 21.2. The summed E-state index contributed by atoms with van der Waals surface area (Å²) in [5.74, 6) is 0. The zero-order valence-corrected chi connectivity index (χ0v) is 21.2. The first-order valence-electron chi connectivity index (χ1n) is 13.5. The van der Waals surface area contributed by atoms with Crippen LogP contribution in [-0.2, 0) is 0 Å². The van der Waals surface area contributed by atoms with E-state index in [0.29, 0.717) is 0 Å². The Balaban J connectivity index is 1.24. The van der Waals surface area contributed by atoms with E-state index in [1.54, 1.807) is 0 Å². The van der Waals surface area contributed by atoms with Crippen molar-refractivity contribution in [2.24, 2.45) is 0 Å². The lowest BCUT2D eigenvalue weighted by Gasteiger charge is -2.12. The molecule has 7 aromatic carbocycles. The Morgan fingerprint density at radius 3 is 1.77 bits per heavy atom. The summed E-state index contributed by atoms with van der Waals surface area (Å²) in [5, 5.41) is 7.75. The van der Waals surface area contributed by atoms with Gasteiger partial charge in [-0.2, -0.15) is 0 Å². The van der Waals surface area contributed by atoms with E-state index < -0.39 is 0 Å². The Bertz CT molecular complexity index is 2250. The molecule has 0 atom stereocenters. The highest BCUT2D eigenvalue weighted by atomic mass is 14.7. The molecule has 1 aliphatic carbocycles. The van der Waals surface area contributed by atoms with Crippen LogP contribution >= 0.6 is 0 Å². The van der Waals surface area contributed by atoms with Crippen molar-refractivity contribution >= 4 is 43.4 Å². The summed E-state index contributed by atoms with van der Waals surface area (Å²) in [6.45, 7) is 0. The molecule has 0 saturated heterocycles. The van der Waals surface area contributed by atoms with Crippen LogP contribution in [0.3, 0.4) is 0 Å². The highest BCUT2D eigenvalue weighted by Gasteiger charge is 2.22. The molecule has 1 heterocycles. The van der Waals surface area contributed by atoms with Crippen molar-refractivity contribution in [2.75, 3.05) is 0 Å². The molecular weight excluding hydrogens is 470 g/mol. The number of aromatic amines is 1. The van der Waals surface area contributed by atoms with Gasteiger partial charge in [-0.15, -0.1) is 0 Å². The van der Waals surface area contributed by atoms with Gasteiger partial charge < -0.3 is 4.98 Å². The number of benzene rings is 7. The normalized spacial score (nSPS) is 12.1. The maximum Gasteiger partial charge on any atom is 0.0544 e. The van der Waals surface area contributed by atoms with Crippen molar-refractivity contribution < 1.29 is 0 Å². The third-order valence-corrected chi connectivity index (χ3v) is 8.53. The molecule has 0 bridgehead atoms. The summed E-state index contributed by atoms with van der Waals surface area (Å²) in [4.78, 5) is 3.76. The van der Waals surface area contributed by atoms with Gasteiger partial charge >= 0.3 is 0 Å². The van der Waals surface area contributed by atoms with Crippen molar-refractivity contribution in [2.45, 2.75) is 0 Å². The van der Waals surface area contributed by atoms with Crippen LogP contribution in [0.15, 0.2) is 133 Å². The number of para-hydroxylation sites is 1. The number of fused-ring (bicyclic) bond motifs is 7. The minimum atomic E-state index is 1.18. The molecule has 1 aromatic heterocycles. The van der Waals surface area contributed by atoms with Crippen molar-refractivity contribution in [3.05, 3.63) is 133 Å². The van der Waals surface area contributed by atoms with Gasteiger partial charge in [0.05, 0.1) is 5.52 Å². The fourth-order valence-electron chi connectivity index (χ4n) is 6.77. The Morgan fingerprint density at radius 1 is 0.359 bits per heavy atom. The molecule has 1 heteroatoms. The van der Waals surface area contributed by atoms with Crippen LogP contribution in [0.25, 0.3) is 87.9 Å². The van der Waals surface area contributed by atoms with Crippen LogP contribution in [0.5, 0.6) is 0 Å². The first kappa shape index (κ1) is 20.9. The fourth-order valence-corrected chi connectivity index (χ4v) is 6.77. The average molecular weight is 494 g/mol. The largest absolute Gasteiger partial charge is 0.354 e. The third kappa shape index (κ3) is 2.90. The molecule has 0 unspecified atom stereocenters. The molecule has 1 nitrogen and oxygen atoms in total. The average Bonchev–Trinajstić information content (AvgIpc) is 3.53. The maximum atomic E-state index is 3.76. The van der Waals surface area contributed by atoms with E-state index in [-0.39, 0.29) is 0 Å². The predicted octanol–water partition coefficient (Wildman–Crippen LogP) is 10.6. The van der Waals surface area contributed by atoms with Gasteiger partial charge in [0.2, 0.25) is 0 Å². The van der Waals surface area contributed by atoms with E-state index in [4.69, 9.17) is 0 Å². The van der Waals surface area contributed by atoms with E-state index in [0.717, 1.165) is 0 Å². The molecule has 0 saturated carbocycles. The fraction of sp³-hybridized carbons (Fsp3) is 0. The van der Waals surface area contributed by atoms with E-state index in [9.17, 15) is 0 Å². The Kier molecular flexibility index (Phi) is 4.11. The summed E-state index contributed by atoms with van der Waals surface area (Å²) in [5.41, 5.74) is 12.7. The maximum absolute atomic E-state index is 3.76. The van der Waals surface area contributed by atoms with Gasteiger partial charge in [0.15, 0.2) is 0 Å². The summed E-state index contributed by atoms with van der Waals surface area (Å²) in [6.07, 6.45) is 0.